The second-order valence-corrected chi connectivity index (χ2v) is 7.25. The van der Waals surface area contributed by atoms with Crippen molar-refractivity contribution in [2.45, 2.75) is 56.4 Å². The Balaban J connectivity index is 1.75. The van der Waals surface area contributed by atoms with Gasteiger partial charge in [-0.05, 0) is 49.8 Å². The number of halogens is 1. The molecule has 0 unspecified atom stereocenters. The van der Waals surface area contributed by atoms with Gasteiger partial charge in [-0.25, -0.2) is 0 Å². The molecule has 2 N–H and O–H groups in total. The second-order valence-electron chi connectivity index (χ2n) is 6.81. The third-order valence-electron chi connectivity index (χ3n) is 5.41. The minimum atomic E-state index is -0.755. The fourth-order valence-electron chi connectivity index (χ4n) is 4.05. The van der Waals surface area contributed by atoms with E-state index in [9.17, 15) is 9.59 Å². The van der Waals surface area contributed by atoms with Crippen LogP contribution in [0.3, 0.4) is 0 Å². The summed E-state index contributed by atoms with van der Waals surface area (Å²) in [4.78, 5) is 24.1. The Labute approximate surface area is 141 Å². The fourth-order valence-corrected chi connectivity index (χ4v) is 4.18. The Bertz CT molecular complexity index is 593. The van der Waals surface area contributed by atoms with Gasteiger partial charge in [-0.3, -0.25) is 9.59 Å². The van der Waals surface area contributed by atoms with Crippen molar-refractivity contribution in [3.63, 3.8) is 0 Å². The lowest BCUT2D eigenvalue weighted by atomic mass is 9.78. The van der Waals surface area contributed by atoms with Crippen LogP contribution in [0, 0.1) is 5.92 Å². The van der Waals surface area contributed by atoms with Gasteiger partial charge in [-0.1, -0.05) is 36.6 Å². The Kier molecular flexibility index (Phi) is 4.62. The summed E-state index contributed by atoms with van der Waals surface area (Å²) in [6.45, 7) is 0. The summed E-state index contributed by atoms with van der Waals surface area (Å²) in [6.07, 6.45) is 5.70. The molecule has 2 atom stereocenters. The Morgan fingerprint density at radius 1 is 1.13 bits per heavy atom. The van der Waals surface area contributed by atoms with E-state index in [1.54, 1.807) is 0 Å². The van der Waals surface area contributed by atoms with Crippen LogP contribution in [0.15, 0.2) is 24.3 Å². The quantitative estimate of drug-likeness (QED) is 0.884. The number of carboxylic acids is 1. The molecular weight excluding hydrogens is 314 g/mol. The number of aliphatic carboxylic acids is 1. The average Bonchev–Trinajstić information content (AvgIpc) is 3.17. The van der Waals surface area contributed by atoms with Gasteiger partial charge in [-0.15, -0.1) is 0 Å². The van der Waals surface area contributed by atoms with Crippen molar-refractivity contribution >= 4 is 23.5 Å². The number of benzene rings is 1. The van der Waals surface area contributed by atoms with Crippen LogP contribution >= 0.6 is 11.6 Å². The van der Waals surface area contributed by atoms with Gasteiger partial charge in [0.05, 0.1) is 11.3 Å². The standard InChI is InChI=1S/C18H22ClNO3/c19-14-6-4-13(5-7-14)18(9-1-2-10-18)17(23)20-15-8-3-12(11-15)16(21)22/h4-7,12,15H,1-3,8-11H2,(H,20,23)(H,21,22)/t12-,15+/m0/s1. The number of carbonyl (C=O) groups is 2. The lowest BCUT2D eigenvalue weighted by Gasteiger charge is -2.30. The zero-order chi connectivity index (χ0) is 16.4. The van der Waals surface area contributed by atoms with Crippen LogP contribution in [0.4, 0.5) is 0 Å². The number of carbonyl (C=O) groups excluding carboxylic acids is 1. The predicted octanol–water partition coefficient (Wildman–Crippen LogP) is 3.52. The zero-order valence-electron chi connectivity index (χ0n) is 13.1. The van der Waals surface area contributed by atoms with Crippen LogP contribution < -0.4 is 5.32 Å². The highest BCUT2D eigenvalue weighted by atomic mass is 35.5. The smallest absolute Gasteiger partial charge is 0.306 e. The van der Waals surface area contributed by atoms with E-state index in [1.165, 1.54) is 0 Å². The van der Waals surface area contributed by atoms with Crippen LogP contribution in [0.5, 0.6) is 0 Å². The summed E-state index contributed by atoms with van der Waals surface area (Å²) in [5.41, 5.74) is 0.538. The van der Waals surface area contributed by atoms with Crippen molar-refractivity contribution in [1.29, 1.82) is 0 Å². The molecule has 0 heterocycles. The van der Waals surface area contributed by atoms with E-state index >= 15 is 0 Å². The summed E-state index contributed by atoms with van der Waals surface area (Å²) in [5.74, 6) is -1.03. The van der Waals surface area contributed by atoms with E-state index in [2.05, 4.69) is 5.32 Å². The Morgan fingerprint density at radius 3 is 2.35 bits per heavy atom. The van der Waals surface area contributed by atoms with Gasteiger partial charge in [0.2, 0.25) is 5.91 Å². The number of rotatable bonds is 4. The minimum Gasteiger partial charge on any atom is -0.481 e. The molecule has 3 rings (SSSR count). The largest absolute Gasteiger partial charge is 0.481 e. The highest BCUT2D eigenvalue weighted by Gasteiger charge is 2.44. The molecule has 2 aliphatic rings. The van der Waals surface area contributed by atoms with Crippen molar-refractivity contribution in [3.8, 4) is 0 Å². The van der Waals surface area contributed by atoms with E-state index in [0.29, 0.717) is 17.9 Å². The second kappa shape index (κ2) is 6.52. The molecule has 4 nitrogen and oxygen atoms in total. The first-order chi connectivity index (χ1) is 11.0. The number of hydrogen-bond donors (Lipinski definition) is 2. The summed E-state index contributed by atoms with van der Waals surface area (Å²) >= 11 is 5.97. The van der Waals surface area contributed by atoms with E-state index in [0.717, 1.165) is 37.7 Å². The van der Waals surface area contributed by atoms with E-state index in [4.69, 9.17) is 16.7 Å². The molecule has 2 fully saturated rings. The lowest BCUT2D eigenvalue weighted by molar-refractivity contribution is -0.141. The van der Waals surface area contributed by atoms with Crippen LogP contribution in [0.2, 0.25) is 5.02 Å². The summed E-state index contributed by atoms with van der Waals surface area (Å²) in [5, 5.41) is 12.9. The van der Waals surface area contributed by atoms with Gasteiger partial charge in [0.15, 0.2) is 0 Å². The normalized spacial score (nSPS) is 26.1. The van der Waals surface area contributed by atoms with Crippen LogP contribution in [0.1, 0.15) is 50.5 Å². The third kappa shape index (κ3) is 3.23. The van der Waals surface area contributed by atoms with Gasteiger partial charge < -0.3 is 10.4 Å². The molecule has 0 bridgehead atoms. The maximum atomic E-state index is 13.0. The number of nitrogens with one attached hydrogen (secondary N) is 1. The first-order valence-electron chi connectivity index (χ1n) is 8.31. The van der Waals surface area contributed by atoms with E-state index in [-0.39, 0.29) is 17.9 Å². The number of carboxylic acid groups (broad SMARTS) is 1. The number of amides is 1. The molecule has 0 spiro atoms. The molecule has 5 heteroatoms. The monoisotopic (exact) mass is 335 g/mol. The van der Waals surface area contributed by atoms with Gasteiger partial charge in [0, 0.05) is 11.1 Å². The van der Waals surface area contributed by atoms with Crippen LogP contribution in [0.25, 0.3) is 0 Å². The fraction of sp³-hybridized carbons (Fsp3) is 0.556. The molecule has 1 aromatic carbocycles. The molecule has 0 aromatic heterocycles. The summed E-state index contributed by atoms with van der Waals surface area (Å²) in [7, 11) is 0. The van der Waals surface area contributed by atoms with Crippen molar-refractivity contribution in [2.75, 3.05) is 0 Å². The predicted molar refractivity (Wildman–Crippen MR) is 88.5 cm³/mol. The molecule has 0 radical (unpaired) electrons. The third-order valence-corrected chi connectivity index (χ3v) is 5.66. The van der Waals surface area contributed by atoms with Crippen molar-refractivity contribution < 1.29 is 14.7 Å². The molecule has 0 aliphatic heterocycles. The van der Waals surface area contributed by atoms with Gasteiger partial charge in [-0.2, -0.15) is 0 Å². The molecule has 124 valence electrons. The lowest BCUT2D eigenvalue weighted by Crippen LogP contribution is -2.46. The maximum Gasteiger partial charge on any atom is 0.306 e. The van der Waals surface area contributed by atoms with Crippen molar-refractivity contribution in [3.05, 3.63) is 34.9 Å². The number of hydrogen-bond acceptors (Lipinski definition) is 2. The SMILES string of the molecule is O=C(O)[C@H]1CC[C@@H](NC(=O)C2(c3ccc(Cl)cc3)CCCC2)C1. The van der Waals surface area contributed by atoms with Crippen molar-refractivity contribution in [1.82, 2.24) is 5.32 Å². The molecule has 0 saturated heterocycles. The van der Waals surface area contributed by atoms with E-state index in [1.807, 2.05) is 24.3 Å². The minimum absolute atomic E-state index is 0.0200. The topological polar surface area (TPSA) is 66.4 Å². The molecule has 1 amide bonds. The first kappa shape index (κ1) is 16.3. The van der Waals surface area contributed by atoms with Gasteiger partial charge in [0.25, 0.3) is 0 Å². The molecule has 1 aromatic rings. The first-order valence-corrected chi connectivity index (χ1v) is 8.69. The average molecular weight is 336 g/mol. The molecular formula is C18H22ClNO3. The van der Waals surface area contributed by atoms with Gasteiger partial charge in [0.1, 0.15) is 0 Å². The maximum absolute atomic E-state index is 13.0. The summed E-state index contributed by atoms with van der Waals surface area (Å²) in [6, 6.07) is 7.54. The highest BCUT2D eigenvalue weighted by Crippen LogP contribution is 2.42. The molecule has 2 saturated carbocycles. The van der Waals surface area contributed by atoms with E-state index < -0.39 is 11.4 Å². The van der Waals surface area contributed by atoms with Crippen LogP contribution in [-0.4, -0.2) is 23.0 Å². The molecule has 23 heavy (non-hydrogen) atoms. The zero-order valence-corrected chi connectivity index (χ0v) is 13.8. The Hall–Kier alpha value is -1.55. The van der Waals surface area contributed by atoms with Crippen molar-refractivity contribution in [2.24, 2.45) is 5.92 Å². The van der Waals surface area contributed by atoms with Crippen LogP contribution in [-0.2, 0) is 15.0 Å². The summed E-state index contributed by atoms with van der Waals surface area (Å²) < 4.78 is 0. The highest BCUT2D eigenvalue weighted by molar-refractivity contribution is 6.30. The molecule has 2 aliphatic carbocycles. The van der Waals surface area contributed by atoms with Gasteiger partial charge >= 0.3 is 5.97 Å². The Morgan fingerprint density at radius 2 is 1.78 bits per heavy atom.